The molecule has 2 aromatic rings. The normalized spacial score (nSPS) is 29.1. The molecule has 2 aromatic carbocycles. The molecule has 27 heavy (non-hydrogen) atoms. The third-order valence-electron chi connectivity index (χ3n) is 6.72. The second-order valence-corrected chi connectivity index (χ2v) is 8.21. The summed E-state index contributed by atoms with van der Waals surface area (Å²) >= 11 is 0. The van der Waals surface area contributed by atoms with Crippen LogP contribution in [0.3, 0.4) is 0 Å². The van der Waals surface area contributed by atoms with Crippen molar-refractivity contribution in [3.8, 4) is 17.2 Å². The Morgan fingerprint density at radius 1 is 1.04 bits per heavy atom. The fraction of sp³-hybridized carbons (Fsp3) is 0.478. The molecular weight excluding hydrogens is 338 g/mol. The van der Waals surface area contributed by atoms with Gasteiger partial charge in [-0.2, -0.15) is 0 Å². The second kappa shape index (κ2) is 6.75. The molecule has 0 aliphatic carbocycles. The monoisotopic (exact) mass is 365 g/mol. The fourth-order valence-electron chi connectivity index (χ4n) is 5.16. The number of aryl methyl sites for hydroxylation is 1. The summed E-state index contributed by atoms with van der Waals surface area (Å²) in [7, 11) is 2.29. The Hall–Kier alpha value is -2.20. The van der Waals surface area contributed by atoms with E-state index < -0.39 is 0 Å². The van der Waals surface area contributed by atoms with Crippen LogP contribution in [0.25, 0.3) is 0 Å². The van der Waals surface area contributed by atoms with E-state index in [1.165, 1.54) is 30.4 Å². The first-order valence-electron chi connectivity index (χ1n) is 10.00. The van der Waals surface area contributed by atoms with Crippen molar-refractivity contribution in [2.75, 3.05) is 20.4 Å². The molecule has 3 aliphatic heterocycles. The lowest BCUT2D eigenvalue weighted by Gasteiger charge is -2.43. The lowest BCUT2D eigenvalue weighted by Crippen LogP contribution is -2.47. The fourth-order valence-corrected chi connectivity index (χ4v) is 5.16. The van der Waals surface area contributed by atoms with E-state index in [0.29, 0.717) is 30.7 Å². The zero-order valence-electron chi connectivity index (χ0n) is 16.1. The molecule has 2 bridgehead atoms. The summed E-state index contributed by atoms with van der Waals surface area (Å²) in [6, 6.07) is 16.3. The van der Waals surface area contributed by atoms with E-state index >= 15 is 0 Å². The summed E-state index contributed by atoms with van der Waals surface area (Å²) in [5.74, 6) is 3.51. The van der Waals surface area contributed by atoms with E-state index in [0.717, 1.165) is 23.9 Å². The number of fused-ring (bicyclic) bond motifs is 3. The number of benzene rings is 2. The van der Waals surface area contributed by atoms with Crippen molar-refractivity contribution in [1.82, 2.24) is 4.90 Å². The van der Waals surface area contributed by atoms with Gasteiger partial charge < -0.3 is 19.1 Å². The molecule has 3 aliphatic rings. The third-order valence-corrected chi connectivity index (χ3v) is 6.72. The SMILES string of the molecule is Cc1ccc([C@H]2C[C@@H]3CC[C@H]([C@H]2COc2ccc4c(c2)OCO4)N3C)cc1. The first-order chi connectivity index (χ1) is 13.2. The van der Waals surface area contributed by atoms with Crippen LogP contribution >= 0.6 is 0 Å². The molecule has 2 saturated heterocycles. The molecular formula is C23H27NO3. The molecule has 5 rings (SSSR count). The maximum absolute atomic E-state index is 6.28. The molecule has 3 heterocycles. The van der Waals surface area contributed by atoms with Crippen molar-refractivity contribution in [2.24, 2.45) is 5.92 Å². The Balaban J connectivity index is 1.37. The Bertz CT molecular complexity index is 819. The first kappa shape index (κ1) is 16.9. The highest BCUT2D eigenvalue weighted by atomic mass is 16.7. The number of piperidine rings is 1. The number of hydrogen-bond acceptors (Lipinski definition) is 4. The Labute approximate surface area is 161 Å². The molecule has 142 valence electrons. The van der Waals surface area contributed by atoms with Crippen LogP contribution in [0, 0.1) is 12.8 Å². The summed E-state index contributed by atoms with van der Waals surface area (Å²) in [5, 5.41) is 0. The Morgan fingerprint density at radius 2 is 1.85 bits per heavy atom. The van der Waals surface area contributed by atoms with E-state index in [4.69, 9.17) is 14.2 Å². The minimum absolute atomic E-state index is 0.297. The average molecular weight is 365 g/mol. The molecule has 0 radical (unpaired) electrons. The lowest BCUT2D eigenvalue weighted by atomic mass is 9.76. The minimum Gasteiger partial charge on any atom is -0.493 e. The van der Waals surface area contributed by atoms with E-state index in [-0.39, 0.29) is 0 Å². The Kier molecular flexibility index (Phi) is 4.24. The van der Waals surface area contributed by atoms with Gasteiger partial charge in [0.2, 0.25) is 6.79 Å². The van der Waals surface area contributed by atoms with Crippen molar-refractivity contribution in [1.29, 1.82) is 0 Å². The van der Waals surface area contributed by atoms with Gasteiger partial charge in [0.05, 0.1) is 6.61 Å². The molecule has 0 N–H and O–H groups in total. The van der Waals surface area contributed by atoms with Gasteiger partial charge in [0, 0.05) is 24.1 Å². The summed E-state index contributed by atoms with van der Waals surface area (Å²) in [4.78, 5) is 2.60. The molecule has 0 amide bonds. The smallest absolute Gasteiger partial charge is 0.231 e. The van der Waals surface area contributed by atoms with E-state index in [2.05, 4.69) is 43.1 Å². The maximum atomic E-state index is 6.28. The van der Waals surface area contributed by atoms with E-state index in [1.54, 1.807) is 0 Å². The van der Waals surface area contributed by atoms with Crippen LogP contribution < -0.4 is 14.2 Å². The number of ether oxygens (including phenoxy) is 3. The van der Waals surface area contributed by atoms with Gasteiger partial charge in [-0.25, -0.2) is 0 Å². The van der Waals surface area contributed by atoms with Crippen LogP contribution in [0.2, 0.25) is 0 Å². The van der Waals surface area contributed by atoms with Gasteiger partial charge in [-0.15, -0.1) is 0 Å². The minimum atomic E-state index is 0.297. The molecule has 4 heteroatoms. The number of hydrogen-bond donors (Lipinski definition) is 0. The highest BCUT2D eigenvalue weighted by molar-refractivity contribution is 5.46. The maximum Gasteiger partial charge on any atom is 0.231 e. The van der Waals surface area contributed by atoms with Gasteiger partial charge in [0.25, 0.3) is 0 Å². The largest absolute Gasteiger partial charge is 0.493 e. The summed E-state index contributed by atoms with van der Waals surface area (Å²) < 4.78 is 17.2. The molecule has 2 fully saturated rings. The third kappa shape index (κ3) is 3.06. The topological polar surface area (TPSA) is 30.9 Å². The molecule has 0 saturated carbocycles. The summed E-state index contributed by atoms with van der Waals surface area (Å²) in [5.41, 5.74) is 2.78. The van der Waals surface area contributed by atoms with Crippen molar-refractivity contribution in [3.05, 3.63) is 53.6 Å². The number of nitrogens with zero attached hydrogens (tertiary/aromatic N) is 1. The van der Waals surface area contributed by atoms with Crippen LogP contribution in [0.15, 0.2) is 42.5 Å². The molecule has 4 atom stereocenters. The van der Waals surface area contributed by atoms with Crippen molar-refractivity contribution in [3.63, 3.8) is 0 Å². The number of rotatable bonds is 4. The average Bonchev–Trinajstić information content (AvgIpc) is 3.23. The van der Waals surface area contributed by atoms with Gasteiger partial charge in [-0.05, 0) is 56.8 Å². The van der Waals surface area contributed by atoms with Gasteiger partial charge >= 0.3 is 0 Å². The highest BCUT2D eigenvalue weighted by Gasteiger charge is 2.46. The summed E-state index contributed by atoms with van der Waals surface area (Å²) in [6.45, 7) is 3.19. The van der Waals surface area contributed by atoms with Crippen LogP contribution in [-0.4, -0.2) is 37.4 Å². The van der Waals surface area contributed by atoms with Crippen LogP contribution in [-0.2, 0) is 0 Å². The second-order valence-electron chi connectivity index (χ2n) is 8.21. The van der Waals surface area contributed by atoms with Gasteiger partial charge in [-0.3, -0.25) is 0 Å². The molecule has 0 unspecified atom stereocenters. The van der Waals surface area contributed by atoms with Crippen molar-refractivity contribution in [2.45, 2.75) is 44.2 Å². The quantitative estimate of drug-likeness (QED) is 0.805. The lowest BCUT2D eigenvalue weighted by molar-refractivity contribution is 0.0665. The van der Waals surface area contributed by atoms with Gasteiger partial charge in [0.15, 0.2) is 11.5 Å². The van der Waals surface area contributed by atoms with Crippen LogP contribution in [0.4, 0.5) is 0 Å². The predicted molar refractivity (Wildman–Crippen MR) is 105 cm³/mol. The zero-order valence-corrected chi connectivity index (χ0v) is 16.1. The Morgan fingerprint density at radius 3 is 2.70 bits per heavy atom. The first-order valence-corrected chi connectivity index (χ1v) is 10.00. The van der Waals surface area contributed by atoms with Gasteiger partial charge in [0.1, 0.15) is 5.75 Å². The summed E-state index contributed by atoms with van der Waals surface area (Å²) in [6.07, 6.45) is 3.81. The zero-order chi connectivity index (χ0) is 18.4. The predicted octanol–water partition coefficient (Wildman–Crippen LogP) is 4.37. The van der Waals surface area contributed by atoms with Crippen molar-refractivity contribution < 1.29 is 14.2 Å². The standard InChI is InChI=1S/C23H27NO3/c1-15-3-5-16(6-4-15)19-11-17-7-9-21(24(17)2)20(19)13-25-18-8-10-22-23(12-18)27-14-26-22/h3-6,8,10,12,17,19-21H,7,9,11,13-14H2,1-2H3/t17-,19+,20-,21+/m0/s1. The van der Waals surface area contributed by atoms with Crippen molar-refractivity contribution >= 4 is 0 Å². The van der Waals surface area contributed by atoms with E-state index in [1.807, 2.05) is 18.2 Å². The van der Waals surface area contributed by atoms with Crippen LogP contribution in [0.5, 0.6) is 17.2 Å². The van der Waals surface area contributed by atoms with Gasteiger partial charge in [-0.1, -0.05) is 29.8 Å². The highest BCUT2D eigenvalue weighted by Crippen LogP contribution is 2.46. The van der Waals surface area contributed by atoms with Crippen LogP contribution in [0.1, 0.15) is 36.3 Å². The molecule has 0 spiro atoms. The molecule has 0 aromatic heterocycles. The molecule has 4 nitrogen and oxygen atoms in total. The van der Waals surface area contributed by atoms with E-state index in [9.17, 15) is 0 Å².